The molecule has 1 aromatic heterocycles. The summed E-state index contributed by atoms with van der Waals surface area (Å²) in [4.78, 5) is 19.3. The monoisotopic (exact) mass is 396 g/mol. The van der Waals surface area contributed by atoms with Gasteiger partial charge in [-0.05, 0) is 36.4 Å². The second-order valence-corrected chi connectivity index (χ2v) is 7.24. The van der Waals surface area contributed by atoms with Crippen LogP contribution in [-0.4, -0.2) is 53.3 Å². The summed E-state index contributed by atoms with van der Waals surface area (Å²) in [5, 5.41) is 16.0. The molecule has 0 aliphatic heterocycles. The molecular weight excluding hydrogens is 368 g/mol. The minimum absolute atomic E-state index is 0.0211. The number of hydrogen-bond donors (Lipinski definition) is 4. The second kappa shape index (κ2) is 10.0. The molecule has 0 spiro atoms. The van der Waals surface area contributed by atoms with Gasteiger partial charge in [0.15, 0.2) is 0 Å². The first-order valence-corrected chi connectivity index (χ1v) is 9.87. The van der Waals surface area contributed by atoms with Crippen molar-refractivity contribution in [3.8, 4) is 17.1 Å². The predicted octanol–water partition coefficient (Wildman–Crippen LogP) is 2.33. The Balaban J connectivity index is 1.40. The van der Waals surface area contributed by atoms with Crippen LogP contribution in [0.2, 0.25) is 0 Å². The topological polar surface area (TPSA) is 99.3 Å². The highest BCUT2D eigenvalue weighted by Crippen LogP contribution is 2.22. The van der Waals surface area contributed by atoms with Gasteiger partial charge in [0.05, 0.1) is 11.0 Å². The summed E-state index contributed by atoms with van der Waals surface area (Å²) in [5.74, 6) is 1.51. The Morgan fingerprint density at radius 2 is 1.90 bits per heavy atom. The summed E-state index contributed by atoms with van der Waals surface area (Å²) < 4.78 is 5.65. The Labute approximate surface area is 170 Å². The van der Waals surface area contributed by atoms with Crippen molar-refractivity contribution in [2.75, 3.05) is 26.2 Å². The van der Waals surface area contributed by atoms with Crippen molar-refractivity contribution in [2.45, 2.75) is 20.0 Å². The van der Waals surface area contributed by atoms with Crippen molar-refractivity contribution in [3.05, 3.63) is 48.5 Å². The number of hydrogen-bond acceptors (Lipinski definition) is 5. The van der Waals surface area contributed by atoms with E-state index in [4.69, 9.17) is 4.74 Å². The molecule has 0 fully saturated rings. The Hall–Kier alpha value is -2.90. The van der Waals surface area contributed by atoms with Crippen LogP contribution in [0.15, 0.2) is 48.5 Å². The van der Waals surface area contributed by atoms with Gasteiger partial charge < -0.3 is 25.5 Å². The Morgan fingerprint density at radius 3 is 2.62 bits per heavy atom. The van der Waals surface area contributed by atoms with Gasteiger partial charge >= 0.3 is 0 Å². The third-order valence-corrected chi connectivity index (χ3v) is 4.46. The summed E-state index contributed by atoms with van der Waals surface area (Å²) in [6.07, 6.45) is -0.633. The van der Waals surface area contributed by atoms with Crippen molar-refractivity contribution < 1.29 is 14.6 Å². The number of fused-ring (bicyclic) bond motifs is 1. The fourth-order valence-corrected chi connectivity index (χ4v) is 2.80. The highest BCUT2D eigenvalue weighted by molar-refractivity contribution is 5.79. The number of para-hydroxylation sites is 2. The van der Waals surface area contributed by atoms with Gasteiger partial charge in [-0.2, -0.15) is 0 Å². The zero-order valence-corrected chi connectivity index (χ0v) is 16.8. The van der Waals surface area contributed by atoms with E-state index in [9.17, 15) is 9.90 Å². The van der Waals surface area contributed by atoms with Crippen LogP contribution in [-0.2, 0) is 4.79 Å². The van der Waals surface area contributed by atoms with E-state index in [2.05, 4.69) is 20.6 Å². The lowest BCUT2D eigenvalue weighted by molar-refractivity contribution is -0.123. The maximum atomic E-state index is 11.4. The van der Waals surface area contributed by atoms with Gasteiger partial charge in [0, 0.05) is 31.1 Å². The SMILES string of the molecule is CC(C)C(=O)NCCNCC(O)COc1ccc(-c2nc3ccccc3[nH]2)cc1. The van der Waals surface area contributed by atoms with E-state index in [-0.39, 0.29) is 18.4 Å². The fraction of sp³-hybridized carbons (Fsp3) is 0.364. The van der Waals surface area contributed by atoms with E-state index >= 15 is 0 Å². The standard InChI is InChI=1S/C22H28N4O3/c1-15(2)22(28)24-12-11-23-13-17(27)14-29-18-9-7-16(8-10-18)21-25-19-5-3-4-6-20(19)26-21/h3-10,15,17,23,27H,11-14H2,1-2H3,(H,24,28)(H,25,26). The molecule has 1 amide bonds. The molecule has 0 saturated carbocycles. The molecule has 0 radical (unpaired) electrons. The number of amides is 1. The lowest BCUT2D eigenvalue weighted by Crippen LogP contribution is -2.38. The minimum Gasteiger partial charge on any atom is -0.491 e. The van der Waals surface area contributed by atoms with Crippen molar-refractivity contribution in [1.82, 2.24) is 20.6 Å². The van der Waals surface area contributed by atoms with Crippen LogP contribution in [0, 0.1) is 5.92 Å². The largest absolute Gasteiger partial charge is 0.491 e. The van der Waals surface area contributed by atoms with Gasteiger partial charge in [-0.25, -0.2) is 4.98 Å². The molecule has 29 heavy (non-hydrogen) atoms. The molecule has 7 heteroatoms. The van der Waals surface area contributed by atoms with Gasteiger partial charge in [0.2, 0.25) is 5.91 Å². The Kier molecular flexibility index (Phi) is 7.21. The fourth-order valence-electron chi connectivity index (χ4n) is 2.80. The van der Waals surface area contributed by atoms with Gasteiger partial charge in [0.1, 0.15) is 24.3 Å². The van der Waals surface area contributed by atoms with Crippen molar-refractivity contribution in [2.24, 2.45) is 5.92 Å². The van der Waals surface area contributed by atoms with Crippen LogP contribution >= 0.6 is 0 Å². The van der Waals surface area contributed by atoms with Gasteiger partial charge in [-0.15, -0.1) is 0 Å². The number of aromatic amines is 1. The summed E-state index contributed by atoms with van der Waals surface area (Å²) >= 11 is 0. The molecule has 0 aliphatic carbocycles. The number of carbonyl (C=O) groups is 1. The number of rotatable bonds is 10. The predicted molar refractivity (Wildman–Crippen MR) is 114 cm³/mol. The molecule has 154 valence electrons. The molecule has 1 unspecified atom stereocenters. The normalized spacial score (nSPS) is 12.3. The first-order chi connectivity index (χ1) is 14.0. The summed E-state index contributed by atoms with van der Waals surface area (Å²) in [5.41, 5.74) is 2.91. The Bertz CT molecular complexity index is 888. The van der Waals surface area contributed by atoms with E-state index in [1.165, 1.54) is 0 Å². The maximum Gasteiger partial charge on any atom is 0.222 e. The highest BCUT2D eigenvalue weighted by Gasteiger charge is 2.08. The number of carbonyl (C=O) groups excluding carboxylic acids is 1. The summed E-state index contributed by atoms with van der Waals surface area (Å²) in [7, 11) is 0. The third kappa shape index (κ3) is 6.04. The molecule has 3 rings (SSSR count). The van der Waals surface area contributed by atoms with Gasteiger partial charge in [-0.3, -0.25) is 4.79 Å². The van der Waals surface area contributed by atoms with Gasteiger partial charge in [0.25, 0.3) is 0 Å². The maximum absolute atomic E-state index is 11.4. The number of ether oxygens (including phenoxy) is 1. The van der Waals surface area contributed by atoms with Crippen molar-refractivity contribution in [3.63, 3.8) is 0 Å². The van der Waals surface area contributed by atoms with Crippen LogP contribution in [0.3, 0.4) is 0 Å². The van der Waals surface area contributed by atoms with Crippen LogP contribution in [0.4, 0.5) is 0 Å². The molecule has 0 saturated heterocycles. The number of nitrogens with one attached hydrogen (secondary N) is 3. The number of aromatic nitrogens is 2. The van der Waals surface area contributed by atoms with Crippen LogP contribution in [0.1, 0.15) is 13.8 Å². The zero-order valence-electron chi connectivity index (χ0n) is 16.8. The molecule has 0 aliphatic rings. The molecular formula is C22H28N4O3. The lowest BCUT2D eigenvalue weighted by atomic mass is 10.2. The number of nitrogens with zero attached hydrogens (tertiary/aromatic N) is 1. The summed E-state index contributed by atoms with van der Waals surface area (Å²) in [6, 6.07) is 15.5. The van der Waals surface area contributed by atoms with Crippen LogP contribution in [0.5, 0.6) is 5.75 Å². The molecule has 2 aromatic carbocycles. The molecule has 0 bridgehead atoms. The third-order valence-electron chi connectivity index (χ3n) is 4.46. The van der Waals surface area contributed by atoms with Crippen molar-refractivity contribution >= 4 is 16.9 Å². The van der Waals surface area contributed by atoms with E-state index in [1.807, 2.05) is 62.4 Å². The second-order valence-electron chi connectivity index (χ2n) is 7.24. The van der Waals surface area contributed by atoms with Crippen molar-refractivity contribution in [1.29, 1.82) is 0 Å². The van der Waals surface area contributed by atoms with Crippen LogP contribution in [0.25, 0.3) is 22.4 Å². The smallest absolute Gasteiger partial charge is 0.222 e. The van der Waals surface area contributed by atoms with E-state index < -0.39 is 6.10 Å². The van der Waals surface area contributed by atoms with Crippen LogP contribution < -0.4 is 15.4 Å². The number of H-pyrrole nitrogens is 1. The number of aliphatic hydroxyl groups excluding tert-OH is 1. The van der Waals surface area contributed by atoms with Gasteiger partial charge in [-0.1, -0.05) is 26.0 Å². The van der Waals surface area contributed by atoms with E-state index in [0.717, 1.165) is 22.4 Å². The first kappa shape index (κ1) is 20.8. The first-order valence-electron chi connectivity index (χ1n) is 9.87. The molecule has 1 atom stereocenters. The van der Waals surface area contributed by atoms with E-state index in [0.29, 0.717) is 25.4 Å². The molecule has 1 heterocycles. The zero-order chi connectivity index (χ0) is 20.6. The molecule has 4 N–H and O–H groups in total. The minimum atomic E-state index is -0.633. The highest BCUT2D eigenvalue weighted by atomic mass is 16.5. The number of aliphatic hydroxyl groups is 1. The Morgan fingerprint density at radius 1 is 1.14 bits per heavy atom. The average Bonchev–Trinajstić information content (AvgIpc) is 3.16. The number of benzene rings is 2. The van der Waals surface area contributed by atoms with E-state index in [1.54, 1.807) is 0 Å². The summed E-state index contributed by atoms with van der Waals surface area (Å²) in [6.45, 7) is 5.43. The quantitative estimate of drug-likeness (QED) is 0.394. The molecule has 3 aromatic rings. The number of imidazole rings is 1. The lowest BCUT2D eigenvalue weighted by Gasteiger charge is -2.14. The average molecular weight is 396 g/mol. The molecule has 7 nitrogen and oxygen atoms in total.